The number of likely N-dealkylation sites (tertiary alicyclic amines) is 1. The van der Waals surface area contributed by atoms with Crippen LogP contribution in [-0.4, -0.2) is 32.5 Å². The maximum absolute atomic E-state index is 12.9. The van der Waals surface area contributed by atoms with E-state index in [0.29, 0.717) is 12.2 Å². The standard InChI is InChI=1S/C21H22N4O/c1-15-7-5-8-16(13-15)14-19(26)25-12-6-11-18(25)21-22-20(23-24-21)17-9-3-2-4-10-17/h2-5,7-10,13,18H,6,11-12,14H2,1H3,(H,22,23,24)/t18-/m0/s1. The highest BCUT2D eigenvalue weighted by Crippen LogP contribution is 2.31. The van der Waals surface area contributed by atoms with Crippen LogP contribution in [0.4, 0.5) is 0 Å². The lowest BCUT2D eigenvalue weighted by Crippen LogP contribution is -2.32. The molecule has 0 bridgehead atoms. The summed E-state index contributed by atoms with van der Waals surface area (Å²) in [5, 5.41) is 7.40. The molecule has 2 aromatic carbocycles. The number of aromatic nitrogens is 3. The fourth-order valence-corrected chi connectivity index (χ4v) is 3.59. The minimum Gasteiger partial charge on any atom is -0.332 e. The van der Waals surface area contributed by atoms with E-state index < -0.39 is 0 Å². The van der Waals surface area contributed by atoms with E-state index >= 15 is 0 Å². The molecule has 1 aliphatic heterocycles. The molecule has 2 heterocycles. The van der Waals surface area contributed by atoms with Crippen LogP contribution in [0.1, 0.15) is 35.8 Å². The monoisotopic (exact) mass is 346 g/mol. The fourth-order valence-electron chi connectivity index (χ4n) is 3.59. The van der Waals surface area contributed by atoms with E-state index in [2.05, 4.69) is 21.2 Å². The number of rotatable bonds is 4. The summed E-state index contributed by atoms with van der Waals surface area (Å²) in [4.78, 5) is 19.4. The Bertz CT molecular complexity index is 903. The molecule has 1 fully saturated rings. The Morgan fingerprint density at radius 2 is 2.04 bits per heavy atom. The van der Waals surface area contributed by atoms with Gasteiger partial charge in [0.2, 0.25) is 5.91 Å². The summed E-state index contributed by atoms with van der Waals surface area (Å²) >= 11 is 0. The van der Waals surface area contributed by atoms with Crippen molar-refractivity contribution in [1.82, 2.24) is 20.1 Å². The number of aromatic amines is 1. The minimum absolute atomic E-state index is 0.0164. The molecule has 3 aromatic rings. The van der Waals surface area contributed by atoms with Gasteiger partial charge in [-0.1, -0.05) is 60.2 Å². The van der Waals surface area contributed by atoms with E-state index in [-0.39, 0.29) is 11.9 Å². The van der Waals surface area contributed by atoms with Gasteiger partial charge < -0.3 is 4.90 Å². The van der Waals surface area contributed by atoms with E-state index in [1.54, 1.807) is 0 Å². The normalized spacial score (nSPS) is 16.8. The Hall–Kier alpha value is -2.95. The third-order valence-corrected chi connectivity index (χ3v) is 4.86. The average Bonchev–Trinajstić information content (AvgIpc) is 3.32. The predicted octanol–water partition coefficient (Wildman–Crippen LogP) is 3.69. The molecule has 0 aliphatic carbocycles. The Morgan fingerprint density at radius 3 is 2.85 bits per heavy atom. The molecule has 0 unspecified atom stereocenters. The number of hydrogen-bond donors (Lipinski definition) is 1. The van der Waals surface area contributed by atoms with Crippen LogP contribution >= 0.6 is 0 Å². The van der Waals surface area contributed by atoms with Crippen LogP contribution in [0.3, 0.4) is 0 Å². The van der Waals surface area contributed by atoms with Gasteiger partial charge in [0.25, 0.3) is 0 Å². The van der Waals surface area contributed by atoms with Gasteiger partial charge in [0.05, 0.1) is 12.5 Å². The third kappa shape index (κ3) is 3.38. The highest BCUT2D eigenvalue weighted by atomic mass is 16.2. The van der Waals surface area contributed by atoms with Crippen molar-refractivity contribution in [3.05, 3.63) is 71.5 Å². The van der Waals surface area contributed by atoms with E-state index in [0.717, 1.165) is 36.3 Å². The molecular formula is C21H22N4O. The number of nitrogens with zero attached hydrogens (tertiary/aromatic N) is 3. The van der Waals surface area contributed by atoms with Crippen LogP contribution in [-0.2, 0) is 11.2 Å². The molecule has 1 saturated heterocycles. The summed E-state index contributed by atoms with van der Waals surface area (Å²) < 4.78 is 0. The zero-order chi connectivity index (χ0) is 17.9. The Balaban J connectivity index is 1.51. The number of nitrogens with one attached hydrogen (secondary N) is 1. The topological polar surface area (TPSA) is 61.9 Å². The SMILES string of the molecule is Cc1cccc(CC(=O)N2CCC[C@H]2c2nc(-c3ccccc3)n[nH]2)c1. The maximum Gasteiger partial charge on any atom is 0.227 e. The molecule has 1 N–H and O–H groups in total. The molecule has 4 rings (SSSR count). The van der Waals surface area contributed by atoms with Gasteiger partial charge in [-0.2, -0.15) is 5.10 Å². The first-order valence-corrected chi connectivity index (χ1v) is 9.03. The van der Waals surface area contributed by atoms with Crippen molar-refractivity contribution < 1.29 is 4.79 Å². The van der Waals surface area contributed by atoms with Crippen molar-refractivity contribution in [2.45, 2.75) is 32.2 Å². The van der Waals surface area contributed by atoms with Gasteiger partial charge >= 0.3 is 0 Å². The zero-order valence-electron chi connectivity index (χ0n) is 14.9. The van der Waals surface area contributed by atoms with Crippen molar-refractivity contribution in [3.8, 4) is 11.4 Å². The Labute approximate surface area is 153 Å². The van der Waals surface area contributed by atoms with E-state index in [4.69, 9.17) is 0 Å². The van der Waals surface area contributed by atoms with E-state index in [1.807, 2.05) is 60.4 Å². The number of H-pyrrole nitrogens is 1. The first-order chi connectivity index (χ1) is 12.7. The summed E-state index contributed by atoms with van der Waals surface area (Å²) in [6.45, 7) is 2.82. The fraction of sp³-hybridized carbons (Fsp3) is 0.286. The molecule has 1 aromatic heterocycles. The molecule has 1 aliphatic rings. The van der Waals surface area contributed by atoms with Crippen LogP contribution in [0.5, 0.6) is 0 Å². The van der Waals surface area contributed by atoms with E-state index in [9.17, 15) is 4.79 Å². The van der Waals surface area contributed by atoms with Crippen molar-refractivity contribution in [1.29, 1.82) is 0 Å². The second kappa shape index (κ2) is 7.12. The highest BCUT2D eigenvalue weighted by molar-refractivity contribution is 5.79. The molecule has 1 atom stereocenters. The van der Waals surface area contributed by atoms with Gasteiger partial charge in [-0.25, -0.2) is 4.98 Å². The summed E-state index contributed by atoms with van der Waals surface area (Å²) in [6, 6.07) is 18.0. The quantitative estimate of drug-likeness (QED) is 0.784. The van der Waals surface area contributed by atoms with Gasteiger partial charge in [0, 0.05) is 12.1 Å². The van der Waals surface area contributed by atoms with Crippen LogP contribution in [0.15, 0.2) is 54.6 Å². The van der Waals surface area contributed by atoms with Crippen molar-refractivity contribution in [3.63, 3.8) is 0 Å². The Kier molecular flexibility index (Phi) is 4.52. The van der Waals surface area contributed by atoms with Gasteiger partial charge in [0.1, 0.15) is 5.82 Å². The molecule has 0 spiro atoms. The lowest BCUT2D eigenvalue weighted by molar-refractivity contribution is -0.131. The number of amides is 1. The smallest absolute Gasteiger partial charge is 0.227 e. The van der Waals surface area contributed by atoms with Gasteiger partial charge in [-0.3, -0.25) is 9.89 Å². The average molecular weight is 346 g/mol. The van der Waals surface area contributed by atoms with Crippen LogP contribution in [0.2, 0.25) is 0 Å². The van der Waals surface area contributed by atoms with Crippen molar-refractivity contribution >= 4 is 5.91 Å². The first-order valence-electron chi connectivity index (χ1n) is 9.03. The summed E-state index contributed by atoms with van der Waals surface area (Å²) in [6.07, 6.45) is 2.34. The molecule has 0 radical (unpaired) electrons. The highest BCUT2D eigenvalue weighted by Gasteiger charge is 2.32. The van der Waals surface area contributed by atoms with Crippen molar-refractivity contribution in [2.24, 2.45) is 0 Å². The predicted molar refractivity (Wildman–Crippen MR) is 100 cm³/mol. The molecular weight excluding hydrogens is 324 g/mol. The van der Waals surface area contributed by atoms with Crippen LogP contribution in [0.25, 0.3) is 11.4 Å². The lowest BCUT2D eigenvalue weighted by Gasteiger charge is -2.23. The molecule has 26 heavy (non-hydrogen) atoms. The van der Waals surface area contributed by atoms with Crippen molar-refractivity contribution in [2.75, 3.05) is 6.54 Å². The first kappa shape index (κ1) is 16.5. The second-order valence-electron chi connectivity index (χ2n) is 6.82. The molecule has 5 heteroatoms. The lowest BCUT2D eigenvalue weighted by atomic mass is 10.1. The number of carbonyl (C=O) groups excluding carboxylic acids is 1. The summed E-state index contributed by atoms with van der Waals surface area (Å²) in [5.74, 6) is 1.60. The summed E-state index contributed by atoms with van der Waals surface area (Å²) in [7, 11) is 0. The second-order valence-corrected chi connectivity index (χ2v) is 6.82. The minimum atomic E-state index is -0.0164. The van der Waals surface area contributed by atoms with Gasteiger partial charge in [-0.15, -0.1) is 0 Å². The number of carbonyl (C=O) groups is 1. The maximum atomic E-state index is 12.9. The Morgan fingerprint density at radius 1 is 1.19 bits per heavy atom. The number of hydrogen-bond acceptors (Lipinski definition) is 3. The van der Waals surface area contributed by atoms with Crippen LogP contribution < -0.4 is 0 Å². The molecule has 0 saturated carbocycles. The van der Waals surface area contributed by atoms with Gasteiger partial charge in [0.15, 0.2) is 5.82 Å². The zero-order valence-corrected chi connectivity index (χ0v) is 14.9. The third-order valence-electron chi connectivity index (χ3n) is 4.86. The summed E-state index contributed by atoms with van der Waals surface area (Å²) in [5.41, 5.74) is 3.21. The molecule has 132 valence electrons. The molecule has 1 amide bonds. The molecule has 5 nitrogen and oxygen atoms in total. The largest absolute Gasteiger partial charge is 0.332 e. The van der Waals surface area contributed by atoms with Crippen LogP contribution in [0, 0.1) is 6.92 Å². The number of benzene rings is 2. The number of aryl methyl sites for hydroxylation is 1. The van der Waals surface area contributed by atoms with Gasteiger partial charge in [-0.05, 0) is 25.3 Å². The van der Waals surface area contributed by atoms with E-state index in [1.165, 1.54) is 5.56 Å².